The number of carboxylic acids is 1. The van der Waals surface area contributed by atoms with Gasteiger partial charge in [0.05, 0.1) is 5.69 Å². The molecule has 1 aromatic carbocycles. The Morgan fingerprint density at radius 2 is 1.96 bits per heavy atom. The highest BCUT2D eigenvalue weighted by Gasteiger charge is 2.43. The SMILES string of the molecule is O=C(NC1(C(=O)O)CCCC1)c1nn(-c2cccc(F)c2)c2c1CCC2. The smallest absolute Gasteiger partial charge is 0.329 e. The molecule has 26 heavy (non-hydrogen) atoms. The normalized spacial score (nSPS) is 17.9. The molecule has 0 unspecified atom stereocenters. The highest BCUT2D eigenvalue weighted by molar-refractivity contribution is 5.98. The van der Waals surface area contributed by atoms with Crippen LogP contribution in [0.4, 0.5) is 4.39 Å². The molecule has 7 heteroatoms. The first-order valence-corrected chi connectivity index (χ1v) is 8.93. The predicted molar refractivity (Wildman–Crippen MR) is 91.8 cm³/mol. The molecule has 0 spiro atoms. The Morgan fingerprint density at radius 1 is 1.19 bits per heavy atom. The summed E-state index contributed by atoms with van der Waals surface area (Å²) in [5, 5.41) is 16.7. The first-order chi connectivity index (χ1) is 12.5. The molecule has 0 saturated heterocycles. The predicted octanol–water partition coefficient (Wildman–Crippen LogP) is 2.63. The van der Waals surface area contributed by atoms with Crippen LogP contribution in [-0.4, -0.2) is 32.3 Å². The van der Waals surface area contributed by atoms with E-state index in [4.69, 9.17) is 0 Å². The van der Waals surface area contributed by atoms with Gasteiger partial charge >= 0.3 is 5.97 Å². The van der Waals surface area contributed by atoms with E-state index >= 15 is 0 Å². The molecule has 4 rings (SSSR count). The second kappa shape index (κ2) is 6.23. The van der Waals surface area contributed by atoms with Gasteiger partial charge < -0.3 is 10.4 Å². The van der Waals surface area contributed by atoms with Gasteiger partial charge in [-0.15, -0.1) is 0 Å². The number of carbonyl (C=O) groups excluding carboxylic acids is 1. The zero-order valence-corrected chi connectivity index (χ0v) is 14.3. The van der Waals surface area contributed by atoms with Crippen molar-refractivity contribution in [3.8, 4) is 5.69 Å². The van der Waals surface area contributed by atoms with Gasteiger partial charge in [0.1, 0.15) is 11.4 Å². The van der Waals surface area contributed by atoms with E-state index < -0.39 is 17.4 Å². The van der Waals surface area contributed by atoms with E-state index in [0.717, 1.165) is 36.9 Å². The van der Waals surface area contributed by atoms with Gasteiger partial charge in [-0.1, -0.05) is 18.9 Å². The molecule has 0 bridgehead atoms. The second-order valence-corrected chi connectivity index (χ2v) is 7.07. The molecular weight excluding hydrogens is 337 g/mol. The maximum absolute atomic E-state index is 13.6. The number of hydrogen-bond acceptors (Lipinski definition) is 3. The monoisotopic (exact) mass is 357 g/mol. The molecular formula is C19H20FN3O3. The Kier molecular flexibility index (Phi) is 4.01. The van der Waals surface area contributed by atoms with E-state index in [1.165, 1.54) is 12.1 Å². The number of carbonyl (C=O) groups is 2. The minimum atomic E-state index is -1.20. The summed E-state index contributed by atoms with van der Waals surface area (Å²) in [5.74, 6) is -1.82. The van der Waals surface area contributed by atoms with Crippen LogP contribution in [0.5, 0.6) is 0 Å². The van der Waals surface area contributed by atoms with Gasteiger partial charge in [0.2, 0.25) is 0 Å². The molecule has 2 aromatic rings. The molecule has 0 aliphatic heterocycles. The van der Waals surface area contributed by atoms with Crippen LogP contribution in [0.3, 0.4) is 0 Å². The number of benzene rings is 1. The number of hydrogen-bond donors (Lipinski definition) is 2. The number of halogens is 1. The molecule has 1 saturated carbocycles. The van der Waals surface area contributed by atoms with Crippen LogP contribution in [0.2, 0.25) is 0 Å². The van der Waals surface area contributed by atoms with E-state index in [0.29, 0.717) is 24.9 Å². The third-order valence-electron chi connectivity index (χ3n) is 5.42. The fourth-order valence-electron chi connectivity index (χ4n) is 4.09. The minimum absolute atomic E-state index is 0.259. The van der Waals surface area contributed by atoms with Crippen LogP contribution in [0.15, 0.2) is 24.3 Å². The summed E-state index contributed by atoms with van der Waals surface area (Å²) in [4.78, 5) is 24.6. The summed E-state index contributed by atoms with van der Waals surface area (Å²) in [5.41, 5.74) is 1.36. The lowest BCUT2D eigenvalue weighted by molar-refractivity contribution is -0.144. The largest absolute Gasteiger partial charge is 0.480 e. The molecule has 1 amide bonds. The average molecular weight is 357 g/mol. The Morgan fingerprint density at radius 3 is 2.65 bits per heavy atom. The summed E-state index contributed by atoms with van der Waals surface area (Å²) in [6.45, 7) is 0. The van der Waals surface area contributed by atoms with Crippen LogP contribution >= 0.6 is 0 Å². The number of aliphatic carboxylic acids is 1. The second-order valence-electron chi connectivity index (χ2n) is 7.07. The molecule has 1 heterocycles. The van der Waals surface area contributed by atoms with Crippen molar-refractivity contribution in [3.05, 3.63) is 47.0 Å². The average Bonchev–Trinajstić information content (AvgIpc) is 3.31. The van der Waals surface area contributed by atoms with E-state index in [1.807, 2.05) is 0 Å². The molecule has 136 valence electrons. The number of fused-ring (bicyclic) bond motifs is 1. The topological polar surface area (TPSA) is 84.2 Å². The zero-order chi connectivity index (χ0) is 18.3. The highest BCUT2D eigenvalue weighted by atomic mass is 19.1. The molecule has 1 aromatic heterocycles. The van der Waals surface area contributed by atoms with Crippen LogP contribution < -0.4 is 5.32 Å². The van der Waals surface area contributed by atoms with E-state index in [-0.39, 0.29) is 11.5 Å². The number of nitrogens with one attached hydrogen (secondary N) is 1. The summed E-state index contributed by atoms with van der Waals surface area (Å²) in [6.07, 6.45) is 4.79. The number of aromatic nitrogens is 2. The van der Waals surface area contributed by atoms with Crippen LogP contribution in [0.25, 0.3) is 5.69 Å². The van der Waals surface area contributed by atoms with Crippen molar-refractivity contribution in [3.63, 3.8) is 0 Å². The fourth-order valence-corrected chi connectivity index (χ4v) is 4.09. The number of carboxylic acid groups (broad SMARTS) is 1. The lowest BCUT2D eigenvalue weighted by atomic mass is 9.97. The van der Waals surface area contributed by atoms with Gasteiger partial charge in [-0.05, 0) is 50.3 Å². The Balaban J connectivity index is 1.70. The Labute approximate surface area is 150 Å². The molecule has 2 aliphatic carbocycles. The van der Waals surface area contributed by atoms with Crippen LogP contribution in [0, 0.1) is 5.82 Å². The van der Waals surface area contributed by atoms with Crippen molar-refractivity contribution in [2.24, 2.45) is 0 Å². The summed E-state index contributed by atoms with van der Waals surface area (Å²) in [6, 6.07) is 6.08. The van der Waals surface area contributed by atoms with Crippen molar-refractivity contribution < 1.29 is 19.1 Å². The highest BCUT2D eigenvalue weighted by Crippen LogP contribution is 2.32. The van der Waals surface area contributed by atoms with Gasteiger partial charge in [-0.2, -0.15) is 5.10 Å². The number of nitrogens with zero attached hydrogens (tertiary/aromatic N) is 2. The summed E-state index contributed by atoms with van der Waals surface area (Å²) < 4.78 is 15.2. The maximum Gasteiger partial charge on any atom is 0.329 e. The lowest BCUT2D eigenvalue weighted by Crippen LogP contribution is -2.52. The van der Waals surface area contributed by atoms with Gasteiger partial charge in [-0.3, -0.25) is 4.79 Å². The molecule has 2 aliphatic rings. The third kappa shape index (κ3) is 2.67. The van der Waals surface area contributed by atoms with Gasteiger partial charge in [0.15, 0.2) is 5.69 Å². The first-order valence-electron chi connectivity index (χ1n) is 8.93. The van der Waals surface area contributed by atoms with Gasteiger partial charge in [0, 0.05) is 11.3 Å². The van der Waals surface area contributed by atoms with Crippen molar-refractivity contribution in [2.75, 3.05) is 0 Å². The van der Waals surface area contributed by atoms with Gasteiger partial charge in [0.25, 0.3) is 5.91 Å². The molecule has 6 nitrogen and oxygen atoms in total. The maximum atomic E-state index is 13.6. The summed E-state index contributed by atoms with van der Waals surface area (Å²) in [7, 11) is 0. The van der Waals surface area contributed by atoms with Crippen molar-refractivity contribution in [1.82, 2.24) is 15.1 Å². The first kappa shape index (κ1) is 16.8. The quantitative estimate of drug-likeness (QED) is 0.881. The van der Waals surface area contributed by atoms with Crippen molar-refractivity contribution >= 4 is 11.9 Å². The van der Waals surface area contributed by atoms with Crippen LogP contribution in [-0.2, 0) is 17.6 Å². The minimum Gasteiger partial charge on any atom is -0.480 e. The third-order valence-corrected chi connectivity index (χ3v) is 5.42. The molecule has 0 radical (unpaired) electrons. The van der Waals surface area contributed by atoms with Crippen LogP contribution in [0.1, 0.15) is 53.8 Å². The Bertz CT molecular complexity index is 884. The van der Waals surface area contributed by atoms with Crippen molar-refractivity contribution in [2.45, 2.75) is 50.5 Å². The number of amides is 1. The molecule has 1 fully saturated rings. The van der Waals surface area contributed by atoms with Crippen molar-refractivity contribution in [1.29, 1.82) is 0 Å². The number of rotatable bonds is 4. The zero-order valence-electron chi connectivity index (χ0n) is 14.3. The summed E-state index contributed by atoms with van der Waals surface area (Å²) >= 11 is 0. The van der Waals surface area contributed by atoms with E-state index in [2.05, 4.69) is 10.4 Å². The molecule has 2 N–H and O–H groups in total. The lowest BCUT2D eigenvalue weighted by Gasteiger charge is -2.24. The fraction of sp³-hybridized carbons (Fsp3) is 0.421. The molecule has 0 atom stereocenters. The van der Waals surface area contributed by atoms with Gasteiger partial charge in [-0.25, -0.2) is 13.9 Å². The van der Waals surface area contributed by atoms with E-state index in [1.54, 1.807) is 16.8 Å². The standard InChI is InChI=1S/C19H20FN3O3/c20-12-5-3-6-13(11-12)23-15-8-4-7-14(15)16(22-23)17(24)21-19(18(25)26)9-1-2-10-19/h3,5-6,11H,1-2,4,7-10H2,(H,21,24)(H,25,26). The Hall–Kier alpha value is -2.70. The van der Waals surface area contributed by atoms with E-state index in [9.17, 15) is 19.1 Å².